The second-order valence-electron chi connectivity index (χ2n) is 9.55. The third-order valence-corrected chi connectivity index (χ3v) is 7.36. The minimum absolute atomic E-state index is 0.179. The van der Waals surface area contributed by atoms with Crippen molar-refractivity contribution in [2.45, 2.75) is 25.9 Å². The maximum Gasteiger partial charge on any atom is 0.174 e. The van der Waals surface area contributed by atoms with E-state index in [-0.39, 0.29) is 17.9 Å². The van der Waals surface area contributed by atoms with Crippen molar-refractivity contribution in [2.24, 2.45) is 0 Å². The van der Waals surface area contributed by atoms with Crippen LogP contribution in [0.1, 0.15) is 34.7 Å². The molecule has 1 fully saturated rings. The third-order valence-electron chi connectivity index (χ3n) is 7.05. The number of ether oxygens (including phenoxy) is 1. The van der Waals surface area contributed by atoms with Crippen molar-refractivity contribution in [3.63, 3.8) is 0 Å². The minimum Gasteiger partial charge on any atom is -0.457 e. The second-order valence-corrected chi connectivity index (χ2v) is 9.93. The molecule has 1 saturated heterocycles. The number of hydrogen-bond donors (Lipinski definition) is 1. The molecule has 0 amide bonds. The van der Waals surface area contributed by atoms with E-state index in [0.717, 1.165) is 45.5 Å². The lowest BCUT2D eigenvalue weighted by atomic mass is 9.96. The van der Waals surface area contributed by atoms with E-state index in [2.05, 4.69) is 32.8 Å². The Morgan fingerprint density at radius 3 is 2.28 bits per heavy atom. The number of nitrogens with one attached hydrogen (secondary N) is 1. The van der Waals surface area contributed by atoms with E-state index in [0.29, 0.717) is 5.11 Å². The van der Waals surface area contributed by atoms with E-state index in [1.165, 1.54) is 6.07 Å². The zero-order chi connectivity index (χ0) is 26.9. The van der Waals surface area contributed by atoms with Gasteiger partial charge >= 0.3 is 0 Å². The van der Waals surface area contributed by atoms with Gasteiger partial charge in [0.25, 0.3) is 0 Å². The molecule has 0 unspecified atom stereocenters. The fraction of sp³-hybridized carbons (Fsp3) is 0.125. The summed E-state index contributed by atoms with van der Waals surface area (Å²) in [5, 5.41) is 4.13. The van der Waals surface area contributed by atoms with Crippen molar-refractivity contribution < 1.29 is 9.13 Å². The topological polar surface area (TPSA) is 42.3 Å². The molecule has 39 heavy (non-hydrogen) atoms. The molecule has 194 valence electrons. The van der Waals surface area contributed by atoms with E-state index >= 15 is 0 Å². The predicted octanol–water partition coefficient (Wildman–Crippen LogP) is 7.60. The Kier molecular flexibility index (Phi) is 6.59. The van der Waals surface area contributed by atoms with Gasteiger partial charge in [-0.3, -0.25) is 4.98 Å². The molecule has 5 nitrogen and oxygen atoms in total. The summed E-state index contributed by atoms with van der Waals surface area (Å²) in [7, 11) is 0. The van der Waals surface area contributed by atoms with Crippen LogP contribution < -0.4 is 15.0 Å². The average molecular weight is 535 g/mol. The highest BCUT2D eigenvalue weighted by molar-refractivity contribution is 7.80. The summed E-state index contributed by atoms with van der Waals surface area (Å²) >= 11 is 5.91. The van der Waals surface area contributed by atoms with Gasteiger partial charge in [0, 0.05) is 29.0 Å². The smallest absolute Gasteiger partial charge is 0.174 e. The van der Waals surface area contributed by atoms with Crippen molar-refractivity contribution in [1.29, 1.82) is 0 Å². The predicted molar refractivity (Wildman–Crippen MR) is 156 cm³/mol. The fourth-order valence-corrected chi connectivity index (χ4v) is 5.69. The van der Waals surface area contributed by atoms with Crippen LogP contribution in [0.15, 0.2) is 109 Å². The molecule has 0 spiro atoms. The van der Waals surface area contributed by atoms with Crippen molar-refractivity contribution in [3.05, 3.63) is 138 Å². The van der Waals surface area contributed by atoms with Crippen LogP contribution in [0.25, 0.3) is 5.69 Å². The zero-order valence-corrected chi connectivity index (χ0v) is 22.4. The SMILES string of the molecule is Cc1cc([C@@H]2[C@@H](c3ccccn3)NC(=S)N2c2ccc(Oc3ccccc3)cc2)c(C)n1-c1cccc(F)c1. The van der Waals surface area contributed by atoms with Gasteiger partial charge in [-0.15, -0.1) is 0 Å². The van der Waals surface area contributed by atoms with Crippen LogP contribution in [0.2, 0.25) is 0 Å². The Bertz CT molecular complexity index is 1620. The molecule has 2 atom stereocenters. The second kappa shape index (κ2) is 10.3. The molecule has 1 aliphatic heterocycles. The molecule has 0 aliphatic carbocycles. The van der Waals surface area contributed by atoms with Crippen molar-refractivity contribution in [2.75, 3.05) is 4.90 Å². The van der Waals surface area contributed by atoms with E-state index in [4.69, 9.17) is 17.0 Å². The number of thiocarbonyl (C=S) groups is 1. The van der Waals surface area contributed by atoms with Crippen LogP contribution in [-0.2, 0) is 0 Å². The van der Waals surface area contributed by atoms with Crippen molar-refractivity contribution in [1.82, 2.24) is 14.9 Å². The molecule has 0 radical (unpaired) electrons. The van der Waals surface area contributed by atoms with Crippen LogP contribution in [0.4, 0.5) is 10.1 Å². The van der Waals surface area contributed by atoms with Gasteiger partial charge in [-0.1, -0.05) is 30.3 Å². The molecule has 5 aromatic rings. The van der Waals surface area contributed by atoms with E-state index in [1.807, 2.05) is 85.8 Å². The summed E-state index contributed by atoms with van der Waals surface area (Å²) in [5.74, 6) is 1.25. The van der Waals surface area contributed by atoms with Crippen molar-refractivity contribution >= 4 is 23.0 Å². The Labute approximate surface area is 232 Å². The monoisotopic (exact) mass is 534 g/mol. The molecule has 3 heterocycles. The molecule has 3 aromatic carbocycles. The highest BCUT2D eigenvalue weighted by atomic mass is 32.1. The number of nitrogens with zero attached hydrogens (tertiary/aromatic N) is 3. The summed E-state index contributed by atoms with van der Waals surface area (Å²) in [5.41, 5.74) is 5.73. The maximum atomic E-state index is 14.1. The molecular formula is C32H27FN4OS. The van der Waals surface area contributed by atoms with Gasteiger partial charge in [-0.25, -0.2) is 4.39 Å². The molecule has 1 aliphatic rings. The van der Waals surface area contributed by atoms with Gasteiger partial charge in [-0.2, -0.15) is 0 Å². The lowest BCUT2D eigenvalue weighted by molar-refractivity contribution is 0.482. The number of rotatable bonds is 6. The molecule has 0 bridgehead atoms. The van der Waals surface area contributed by atoms with Crippen LogP contribution >= 0.6 is 12.2 Å². The molecule has 6 rings (SSSR count). The van der Waals surface area contributed by atoms with Gasteiger partial charge in [0.1, 0.15) is 17.3 Å². The number of aromatic nitrogens is 2. The lowest BCUT2D eigenvalue weighted by Crippen LogP contribution is -2.29. The third kappa shape index (κ3) is 4.77. The van der Waals surface area contributed by atoms with E-state index < -0.39 is 0 Å². The highest BCUT2D eigenvalue weighted by Crippen LogP contribution is 2.44. The summed E-state index contributed by atoms with van der Waals surface area (Å²) in [4.78, 5) is 6.80. The first kappa shape index (κ1) is 24.8. The van der Waals surface area contributed by atoms with E-state index in [1.54, 1.807) is 18.3 Å². The lowest BCUT2D eigenvalue weighted by Gasteiger charge is -2.28. The minimum atomic E-state index is -0.268. The molecular weight excluding hydrogens is 507 g/mol. The Hall–Kier alpha value is -4.49. The van der Waals surface area contributed by atoms with Crippen LogP contribution in [0.3, 0.4) is 0 Å². The van der Waals surface area contributed by atoms with Gasteiger partial charge in [0.2, 0.25) is 0 Å². The summed E-state index contributed by atoms with van der Waals surface area (Å²) in [6.45, 7) is 4.11. The first-order valence-corrected chi connectivity index (χ1v) is 13.2. The van der Waals surface area contributed by atoms with E-state index in [9.17, 15) is 4.39 Å². The van der Waals surface area contributed by atoms with Crippen LogP contribution in [0, 0.1) is 19.7 Å². The van der Waals surface area contributed by atoms with Gasteiger partial charge in [0.05, 0.1) is 17.8 Å². The Morgan fingerprint density at radius 2 is 1.56 bits per heavy atom. The first-order chi connectivity index (χ1) is 19.0. The standard InChI is InChI=1S/C32H27FN4OS/c1-21-19-28(22(2)36(21)25-10-8-9-23(33)20-25)31-30(29-13-6-7-18-34-29)35-32(39)37(31)24-14-16-27(17-15-24)38-26-11-4-3-5-12-26/h3-20,30-31H,1-2H3,(H,35,39)/t30-,31-/m1/s1. The van der Waals surface area contributed by atoms with Gasteiger partial charge in [0.15, 0.2) is 5.11 Å². The number of hydrogen-bond acceptors (Lipinski definition) is 3. The number of anilines is 1. The molecule has 2 aromatic heterocycles. The normalized spacial score (nSPS) is 16.8. The van der Waals surface area contributed by atoms with Crippen LogP contribution in [-0.4, -0.2) is 14.7 Å². The molecule has 1 N–H and O–H groups in total. The Morgan fingerprint density at radius 1 is 0.821 bits per heavy atom. The fourth-order valence-electron chi connectivity index (χ4n) is 5.35. The zero-order valence-electron chi connectivity index (χ0n) is 21.6. The summed E-state index contributed by atoms with van der Waals surface area (Å²) in [6.07, 6.45) is 1.80. The van der Waals surface area contributed by atoms with Crippen LogP contribution in [0.5, 0.6) is 11.5 Å². The quantitative estimate of drug-likeness (QED) is 0.227. The number of pyridine rings is 1. The number of aryl methyl sites for hydroxylation is 1. The largest absolute Gasteiger partial charge is 0.457 e. The number of para-hydroxylation sites is 1. The first-order valence-electron chi connectivity index (χ1n) is 12.8. The maximum absolute atomic E-state index is 14.1. The summed E-state index contributed by atoms with van der Waals surface area (Å²) in [6, 6.07) is 32.0. The van der Waals surface area contributed by atoms with Gasteiger partial charge in [-0.05, 0) is 104 Å². The molecule has 7 heteroatoms. The average Bonchev–Trinajstić information content (AvgIpc) is 3.45. The molecule has 0 saturated carbocycles. The number of halogens is 1. The highest BCUT2D eigenvalue weighted by Gasteiger charge is 2.42. The number of benzene rings is 3. The Balaban J connectivity index is 1.42. The van der Waals surface area contributed by atoms with Gasteiger partial charge < -0.3 is 19.5 Å². The van der Waals surface area contributed by atoms with Crippen molar-refractivity contribution in [3.8, 4) is 17.2 Å². The summed E-state index contributed by atoms with van der Waals surface area (Å²) < 4.78 is 22.2.